The van der Waals surface area contributed by atoms with Crippen molar-refractivity contribution in [2.45, 2.75) is 6.92 Å². The Morgan fingerprint density at radius 1 is 0.962 bits per heavy atom. The number of halogens is 1. The van der Waals surface area contributed by atoms with E-state index in [1.165, 1.54) is 23.6 Å². The minimum Gasteiger partial charge on any atom is -0.297 e. The maximum Gasteiger partial charge on any atom is 0.249 e. The molecule has 0 radical (unpaired) electrons. The quantitative estimate of drug-likeness (QED) is 0.588. The number of anilines is 2. The first kappa shape index (κ1) is 16.1. The Balaban J connectivity index is 1.83. The van der Waals surface area contributed by atoms with Crippen molar-refractivity contribution in [3.63, 3.8) is 0 Å². The van der Waals surface area contributed by atoms with Crippen LogP contribution in [0.25, 0.3) is 22.5 Å². The minimum atomic E-state index is -0.505. The summed E-state index contributed by atoms with van der Waals surface area (Å²) in [5, 5.41) is 20.4. The molecule has 0 aromatic carbocycles. The largest absolute Gasteiger partial charge is 0.297 e. The van der Waals surface area contributed by atoms with E-state index in [1.54, 1.807) is 18.5 Å². The van der Waals surface area contributed by atoms with Crippen LogP contribution in [-0.2, 0) is 0 Å². The van der Waals surface area contributed by atoms with Crippen LogP contribution >= 0.6 is 11.3 Å². The Morgan fingerprint density at radius 2 is 1.85 bits per heavy atom. The van der Waals surface area contributed by atoms with Crippen LogP contribution in [0, 0.1) is 12.7 Å². The molecule has 0 unspecified atom stereocenters. The third kappa shape index (κ3) is 3.22. The maximum atomic E-state index is 14.2. The molecule has 0 saturated heterocycles. The summed E-state index contributed by atoms with van der Waals surface area (Å²) in [7, 11) is 0. The summed E-state index contributed by atoms with van der Waals surface area (Å²) in [6, 6.07) is 5.12. The molecule has 26 heavy (non-hydrogen) atoms. The molecule has 0 amide bonds. The lowest BCUT2D eigenvalue weighted by Gasteiger charge is -2.09. The first-order valence-electron chi connectivity index (χ1n) is 7.53. The minimum absolute atomic E-state index is 0.234. The van der Waals surface area contributed by atoms with Gasteiger partial charge in [-0.3, -0.25) is 15.3 Å². The summed E-state index contributed by atoms with van der Waals surface area (Å²) < 4.78 is 14.2. The van der Waals surface area contributed by atoms with Gasteiger partial charge in [0.1, 0.15) is 16.4 Å². The highest BCUT2D eigenvalue weighted by Crippen LogP contribution is 2.30. The average Bonchev–Trinajstić information content (AvgIpc) is 3.08. The maximum absolute atomic E-state index is 14.2. The lowest BCUT2D eigenvalue weighted by Crippen LogP contribution is -2.04. The van der Waals surface area contributed by atoms with Crippen LogP contribution in [0.15, 0.2) is 43.0 Å². The number of nitrogens with zero attached hydrogens (tertiary/aromatic N) is 7. The topological polar surface area (TPSA) is 102 Å². The van der Waals surface area contributed by atoms with E-state index in [-0.39, 0.29) is 11.5 Å². The second-order valence-corrected chi connectivity index (χ2v) is 6.36. The van der Waals surface area contributed by atoms with E-state index in [1.807, 2.05) is 13.0 Å². The number of aryl methyl sites for hydroxylation is 1. The van der Waals surface area contributed by atoms with Crippen molar-refractivity contribution in [3.05, 3.63) is 53.8 Å². The van der Waals surface area contributed by atoms with Gasteiger partial charge in [-0.2, -0.15) is 0 Å². The molecular weight excluding hydrogens is 355 g/mol. The standard InChI is InChI=1S/C16H11FN8S/c1-9-22-25-16(26-9)21-15-20-13(10-3-2-5-18-7-10)14(23-24-15)11-4-6-19-8-12(11)17/h2-8H,1H3,(H,20,21,24,25). The zero-order chi connectivity index (χ0) is 17.9. The SMILES string of the molecule is Cc1nnc(Nc2nnc(-c3ccncc3F)c(-c3cccnc3)n2)s1. The molecule has 0 fully saturated rings. The summed E-state index contributed by atoms with van der Waals surface area (Å²) in [6.45, 7) is 1.85. The fourth-order valence-electron chi connectivity index (χ4n) is 2.27. The van der Waals surface area contributed by atoms with Gasteiger partial charge in [0.15, 0.2) is 5.82 Å². The van der Waals surface area contributed by atoms with Crippen molar-refractivity contribution >= 4 is 22.4 Å². The predicted octanol–water partition coefficient (Wildman–Crippen LogP) is 3.04. The van der Waals surface area contributed by atoms with E-state index in [0.717, 1.165) is 11.2 Å². The van der Waals surface area contributed by atoms with Crippen LogP contribution in [-0.4, -0.2) is 35.3 Å². The number of hydrogen-bond donors (Lipinski definition) is 1. The van der Waals surface area contributed by atoms with Gasteiger partial charge in [0, 0.05) is 29.7 Å². The Morgan fingerprint density at radius 3 is 2.58 bits per heavy atom. The fraction of sp³-hybridized carbons (Fsp3) is 0.0625. The second-order valence-electron chi connectivity index (χ2n) is 5.18. The van der Waals surface area contributed by atoms with Gasteiger partial charge in [0.25, 0.3) is 0 Å². The van der Waals surface area contributed by atoms with E-state index >= 15 is 0 Å². The van der Waals surface area contributed by atoms with Crippen LogP contribution in [0.5, 0.6) is 0 Å². The summed E-state index contributed by atoms with van der Waals surface area (Å²) >= 11 is 1.37. The van der Waals surface area contributed by atoms with Crippen LogP contribution < -0.4 is 5.32 Å². The molecule has 0 atom stereocenters. The highest BCUT2D eigenvalue weighted by molar-refractivity contribution is 7.15. The van der Waals surface area contributed by atoms with Gasteiger partial charge in [0.05, 0.1) is 6.20 Å². The number of hydrogen-bond acceptors (Lipinski definition) is 9. The molecule has 128 valence electrons. The van der Waals surface area contributed by atoms with Crippen LogP contribution in [0.2, 0.25) is 0 Å². The Bertz CT molecular complexity index is 1050. The van der Waals surface area contributed by atoms with E-state index in [0.29, 0.717) is 22.1 Å². The van der Waals surface area contributed by atoms with Crippen molar-refractivity contribution in [1.82, 2.24) is 35.3 Å². The lowest BCUT2D eigenvalue weighted by molar-refractivity contribution is 0.624. The Kier molecular flexibility index (Phi) is 4.23. The molecule has 4 aromatic rings. The first-order chi connectivity index (χ1) is 12.7. The highest BCUT2D eigenvalue weighted by atomic mass is 32.1. The second kappa shape index (κ2) is 6.84. The van der Waals surface area contributed by atoms with Crippen molar-refractivity contribution in [3.8, 4) is 22.5 Å². The lowest BCUT2D eigenvalue weighted by atomic mass is 10.1. The van der Waals surface area contributed by atoms with Gasteiger partial charge >= 0.3 is 0 Å². The smallest absolute Gasteiger partial charge is 0.249 e. The zero-order valence-electron chi connectivity index (χ0n) is 13.5. The number of rotatable bonds is 4. The third-order valence-electron chi connectivity index (χ3n) is 3.39. The van der Waals surface area contributed by atoms with Gasteiger partial charge < -0.3 is 0 Å². The number of pyridine rings is 2. The van der Waals surface area contributed by atoms with Gasteiger partial charge in [-0.05, 0) is 25.1 Å². The molecule has 4 rings (SSSR count). The number of aromatic nitrogens is 7. The van der Waals surface area contributed by atoms with Crippen molar-refractivity contribution < 1.29 is 4.39 Å². The molecule has 4 heterocycles. The normalized spacial score (nSPS) is 10.7. The first-order valence-corrected chi connectivity index (χ1v) is 8.34. The molecule has 8 nitrogen and oxygen atoms in total. The van der Waals surface area contributed by atoms with Crippen molar-refractivity contribution in [1.29, 1.82) is 0 Å². The molecular formula is C16H11FN8S. The van der Waals surface area contributed by atoms with E-state index in [2.05, 4.69) is 40.7 Å². The van der Waals surface area contributed by atoms with Gasteiger partial charge in [-0.15, -0.1) is 20.4 Å². The van der Waals surface area contributed by atoms with E-state index < -0.39 is 5.82 Å². The van der Waals surface area contributed by atoms with Gasteiger partial charge in [0.2, 0.25) is 11.1 Å². The summed E-state index contributed by atoms with van der Waals surface area (Å²) in [5.41, 5.74) is 1.70. The summed E-state index contributed by atoms with van der Waals surface area (Å²) in [5.74, 6) is -0.271. The molecule has 0 spiro atoms. The van der Waals surface area contributed by atoms with E-state index in [4.69, 9.17) is 0 Å². The third-order valence-corrected chi connectivity index (χ3v) is 4.15. The van der Waals surface area contributed by atoms with Crippen molar-refractivity contribution in [2.75, 3.05) is 5.32 Å². The van der Waals surface area contributed by atoms with Crippen LogP contribution in [0.3, 0.4) is 0 Å². The van der Waals surface area contributed by atoms with Gasteiger partial charge in [-0.25, -0.2) is 9.37 Å². The molecule has 0 bridgehead atoms. The molecule has 0 aliphatic rings. The van der Waals surface area contributed by atoms with Crippen LogP contribution in [0.1, 0.15) is 5.01 Å². The van der Waals surface area contributed by atoms with Crippen molar-refractivity contribution in [2.24, 2.45) is 0 Å². The predicted molar refractivity (Wildman–Crippen MR) is 94.2 cm³/mol. The Hall–Kier alpha value is -3.40. The number of nitrogens with one attached hydrogen (secondary N) is 1. The van der Waals surface area contributed by atoms with E-state index in [9.17, 15) is 4.39 Å². The molecule has 1 N–H and O–H groups in total. The monoisotopic (exact) mass is 366 g/mol. The zero-order valence-corrected chi connectivity index (χ0v) is 14.3. The molecule has 0 saturated carbocycles. The summed E-state index contributed by atoms with van der Waals surface area (Å²) in [4.78, 5) is 12.4. The molecule has 0 aliphatic carbocycles. The van der Waals surface area contributed by atoms with Gasteiger partial charge in [-0.1, -0.05) is 11.3 Å². The van der Waals surface area contributed by atoms with Crippen LogP contribution in [0.4, 0.5) is 15.5 Å². The summed E-state index contributed by atoms with van der Waals surface area (Å²) in [6.07, 6.45) is 5.89. The fourth-order valence-corrected chi connectivity index (χ4v) is 2.86. The average molecular weight is 366 g/mol. The molecule has 0 aliphatic heterocycles. The molecule has 4 aromatic heterocycles. The highest BCUT2D eigenvalue weighted by Gasteiger charge is 2.17. The Labute approximate surface area is 151 Å². The molecule has 10 heteroatoms.